The van der Waals surface area contributed by atoms with Gasteiger partial charge in [-0.25, -0.2) is 0 Å². The number of hydrogen-bond donors (Lipinski definition) is 0. The van der Waals surface area contributed by atoms with Crippen molar-refractivity contribution in [2.45, 2.75) is 26.2 Å². The highest BCUT2D eigenvalue weighted by Crippen LogP contribution is 2.38. The Morgan fingerprint density at radius 3 is 0.337 bits per heavy atom. The number of benzene rings is 12. The van der Waals surface area contributed by atoms with Crippen LogP contribution in [0.5, 0.6) is 0 Å². The molecule has 0 N–H and O–H groups in total. The van der Waals surface area contributed by atoms with Crippen LogP contribution in [0.25, 0.3) is 0 Å². The van der Waals surface area contributed by atoms with E-state index in [-0.39, 0.29) is 0 Å². The smallest absolute Gasteiger partial charge is 0.404 e. The zero-order valence-corrected chi connectivity index (χ0v) is 59.9. The van der Waals surface area contributed by atoms with Gasteiger partial charge in [-0.3, -0.25) is 0 Å². The maximum absolute atomic E-state index is 8.59. The van der Waals surface area contributed by atoms with E-state index in [1.54, 1.807) is 0 Å². The molecule has 16 heteroatoms. The second-order valence-electron chi connectivity index (χ2n) is 23.4. The highest BCUT2D eigenvalue weighted by molar-refractivity contribution is 7.15. The Bertz CT molecular complexity index is 3330. The van der Waals surface area contributed by atoms with Crippen molar-refractivity contribution in [3.8, 4) is 0 Å². The third kappa shape index (κ3) is 12.5. The van der Waals surface area contributed by atoms with Gasteiger partial charge in [-0.05, 0) is 62.2 Å². The van der Waals surface area contributed by atoms with Crippen LogP contribution in [-0.2, 0) is 32.9 Å². The lowest BCUT2D eigenvalue weighted by Gasteiger charge is -2.53. The van der Waals surface area contributed by atoms with Gasteiger partial charge in [-0.15, -0.1) is 0 Å². The quantitative estimate of drug-likeness (QED) is 0.0554. The highest BCUT2D eigenvalue weighted by atomic mass is 28.6. The van der Waals surface area contributed by atoms with E-state index in [4.69, 9.17) is 32.9 Å². The Balaban J connectivity index is 1.14. The molecule has 0 radical (unpaired) electrons. The Labute approximate surface area is 549 Å². The molecule has 1 saturated heterocycles. The second kappa shape index (κ2) is 26.9. The van der Waals surface area contributed by atoms with E-state index < -0.39 is 68.5 Å². The van der Waals surface area contributed by atoms with Gasteiger partial charge >= 0.3 is 35.2 Å². The van der Waals surface area contributed by atoms with Gasteiger partial charge in [0.2, 0.25) is 0 Å². The molecule has 456 valence electrons. The average Bonchev–Trinajstić information content (AvgIpc) is 0.727. The summed E-state index contributed by atoms with van der Waals surface area (Å²) in [5.74, 6) is 0. The fraction of sp³-hybridized carbons (Fsp3) is 0.0526. The predicted octanol–water partition coefficient (Wildman–Crippen LogP) is 9.08. The van der Waals surface area contributed by atoms with Crippen LogP contribution in [0.1, 0.15) is 0 Å². The van der Waals surface area contributed by atoms with Crippen molar-refractivity contribution in [1.82, 2.24) is 0 Å². The lowest BCUT2D eigenvalue weighted by Crippen LogP contribution is -2.83. The molecule has 12 aromatic carbocycles. The lowest BCUT2D eigenvalue weighted by molar-refractivity contribution is 0.0928. The third-order valence-corrected chi connectivity index (χ3v) is 53.5. The van der Waals surface area contributed by atoms with Crippen LogP contribution in [0, 0.1) is 0 Å². The van der Waals surface area contributed by atoms with Crippen LogP contribution < -0.4 is 62.2 Å². The molecule has 0 saturated carbocycles. The first-order chi connectivity index (χ1) is 44.9. The summed E-state index contributed by atoms with van der Waals surface area (Å²) in [6.07, 6.45) is 0. The highest BCUT2D eigenvalue weighted by Gasteiger charge is 2.69. The minimum absolute atomic E-state index is 0.992. The van der Waals surface area contributed by atoms with Gasteiger partial charge in [0.15, 0.2) is 0 Å². The van der Waals surface area contributed by atoms with E-state index in [0.717, 1.165) is 62.2 Å². The minimum atomic E-state index is -4.58. The van der Waals surface area contributed by atoms with E-state index in [9.17, 15) is 0 Å². The molecule has 12 aromatic rings. The summed E-state index contributed by atoms with van der Waals surface area (Å²) < 4.78 is 68.3. The zero-order valence-electron chi connectivity index (χ0n) is 51.9. The number of rotatable bonds is 20. The Morgan fingerprint density at radius 1 is 0.163 bits per heavy atom. The predicted molar refractivity (Wildman–Crippen MR) is 391 cm³/mol. The van der Waals surface area contributed by atoms with Gasteiger partial charge in [0.05, 0.1) is 0 Å². The standard InChI is InChI=1S/C76H72O8Si8/c1-85(81-89(65-41-17-5-18-42-65,66-43-19-6-20-44-66)67-45-21-7-22-46-67)77-86(2,82-90(68-47-23-8-24-48-68,69-49-25-9-26-50-69)70-51-27-10-28-52-70)79-88(4,84-92(74-59-35-14-36-60-74,75-61-37-15-38-62-75)76-63-39-16-40-64-76)80-87(3,78-85)83-91(71-53-29-11-30-54-71,72-55-31-12-32-56-72)73-57-33-13-34-58-73/h5-64H,1-4H3. The first-order valence-electron chi connectivity index (χ1n) is 31.2. The van der Waals surface area contributed by atoms with Crippen LogP contribution in [0.2, 0.25) is 26.2 Å². The first-order valence-corrected chi connectivity index (χ1v) is 47.7. The first kappa shape index (κ1) is 62.8. The molecule has 0 aromatic heterocycles. The topological polar surface area (TPSA) is 73.8 Å². The van der Waals surface area contributed by atoms with Crippen molar-refractivity contribution in [1.29, 1.82) is 0 Å². The summed E-state index contributed by atoms with van der Waals surface area (Å²) in [4.78, 5) is 0. The van der Waals surface area contributed by atoms with Crippen molar-refractivity contribution in [2.24, 2.45) is 0 Å². The lowest BCUT2D eigenvalue weighted by atomic mass is 10.3. The van der Waals surface area contributed by atoms with E-state index >= 15 is 0 Å². The van der Waals surface area contributed by atoms with Gasteiger partial charge in [0.25, 0.3) is 33.3 Å². The molecule has 1 fully saturated rings. The molecular weight excluding hydrogens is 1270 g/mol. The summed E-state index contributed by atoms with van der Waals surface area (Å²) in [5, 5.41) is 11.9. The van der Waals surface area contributed by atoms with Gasteiger partial charge in [0.1, 0.15) is 0 Å². The van der Waals surface area contributed by atoms with Gasteiger partial charge < -0.3 is 32.9 Å². The molecule has 13 rings (SSSR count). The van der Waals surface area contributed by atoms with Gasteiger partial charge in [-0.1, -0.05) is 364 Å². The molecule has 0 spiro atoms. The molecule has 0 atom stereocenters. The normalized spacial score (nSPS) is 19.7. The van der Waals surface area contributed by atoms with Crippen molar-refractivity contribution < 1.29 is 32.9 Å². The number of hydrogen-bond acceptors (Lipinski definition) is 8. The maximum Gasteiger partial charge on any atom is 0.473 e. The van der Waals surface area contributed by atoms with Gasteiger partial charge in [0, 0.05) is 26.2 Å². The second-order valence-corrected chi connectivity index (χ2v) is 49.2. The summed E-state index contributed by atoms with van der Waals surface area (Å²) in [7, 11) is -33.6. The van der Waals surface area contributed by atoms with Crippen molar-refractivity contribution in [3.05, 3.63) is 364 Å². The van der Waals surface area contributed by atoms with Crippen LogP contribution in [0.15, 0.2) is 364 Å². The third-order valence-electron chi connectivity index (χ3n) is 17.0. The van der Waals surface area contributed by atoms with Gasteiger partial charge in [-0.2, -0.15) is 0 Å². The molecule has 92 heavy (non-hydrogen) atoms. The molecule has 0 aliphatic carbocycles. The maximum atomic E-state index is 8.59. The van der Waals surface area contributed by atoms with E-state index in [1.165, 1.54) is 0 Å². The molecule has 0 bridgehead atoms. The minimum Gasteiger partial charge on any atom is -0.404 e. The molecule has 0 amide bonds. The van der Waals surface area contributed by atoms with E-state index in [0.29, 0.717) is 0 Å². The van der Waals surface area contributed by atoms with Crippen molar-refractivity contribution >= 4 is 131 Å². The zero-order chi connectivity index (χ0) is 63.0. The Morgan fingerprint density at radius 2 is 0.250 bits per heavy atom. The van der Waals surface area contributed by atoms with Crippen LogP contribution >= 0.6 is 0 Å². The molecule has 1 aliphatic rings. The molecule has 8 nitrogen and oxygen atoms in total. The van der Waals surface area contributed by atoms with E-state index in [2.05, 4.69) is 364 Å². The van der Waals surface area contributed by atoms with Crippen LogP contribution in [0.3, 0.4) is 0 Å². The summed E-state index contributed by atoms with van der Waals surface area (Å²) in [6, 6.07) is 127. The van der Waals surface area contributed by atoms with E-state index in [1.807, 2.05) is 26.2 Å². The molecule has 1 heterocycles. The van der Waals surface area contributed by atoms with Crippen molar-refractivity contribution in [3.63, 3.8) is 0 Å². The largest absolute Gasteiger partial charge is 0.473 e. The average molecular weight is 1340 g/mol. The van der Waals surface area contributed by atoms with Crippen LogP contribution in [0.4, 0.5) is 0 Å². The Kier molecular flexibility index (Phi) is 18.4. The SMILES string of the molecule is C[Si]1(O[Si](c2ccccc2)(c2ccccc2)c2ccccc2)O[Si](C)(O[Si](c2ccccc2)(c2ccccc2)c2ccccc2)O[Si](C)(O[Si](c2ccccc2)(c2ccccc2)c2ccccc2)O[Si](C)(O[Si](c2ccccc2)(c2ccccc2)c2ccccc2)O1. The fourth-order valence-electron chi connectivity index (χ4n) is 13.5. The summed E-state index contributed by atoms with van der Waals surface area (Å²) in [5.41, 5.74) is 0. The molecule has 0 unspecified atom stereocenters. The summed E-state index contributed by atoms with van der Waals surface area (Å²) >= 11 is 0. The van der Waals surface area contributed by atoms with Crippen LogP contribution in [-0.4, -0.2) is 68.5 Å². The monoisotopic (exact) mass is 1340 g/mol. The Hall–Kier alpha value is -7.94. The molecular formula is C76H72O8Si8. The summed E-state index contributed by atoms with van der Waals surface area (Å²) in [6.45, 7) is 8.09. The molecule has 1 aliphatic heterocycles. The fourth-order valence-corrected chi connectivity index (χ4v) is 57.3. The van der Waals surface area contributed by atoms with Crippen molar-refractivity contribution in [2.75, 3.05) is 0 Å².